The van der Waals surface area contributed by atoms with E-state index in [0.717, 1.165) is 5.76 Å². The lowest BCUT2D eigenvalue weighted by atomic mass is 10.1. The first-order chi connectivity index (χ1) is 12.0. The number of aromatic nitrogens is 1. The number of carbonyl (C=O) groups excluding carboxylic acids is 1. The second-order valence-corrected chi connectivity index (χ2v) is 5.64. The molecule has 1 amide bonds. The molecule has 3 rings (SSSR count). The van der Waals surface area contributed by atoms with Crippen LogP contribution in [0, 0.1) is 6.92 Å². The summed E-state index contributed by atoms with van der Waals surface area (Å²) >= 11 is 0. The van der Waals surface area contributed by atoms with Gasteiger partial charge in [0.25, 0.3) is 11.5 Å². The molecule has 128 valence electrons. The average molecular weight is 338 g/mol. The molecule has 2 aromatic heterocycles. The van der Waals surface area contributed by atoms with Crippen LogP contribution >= 0.6 is 0 Å². The van der Waals surface area contributed by atoms with Crippen LogP contribution in [0.1, 0.15) is 21.9 Å². The lowest BCUT2D eigenvalue weighted by Gasteiger charge is -2.13. The molecule has 3 aromatic rings. The first kappa shape index (κ1) is 16.6. The minimum absolute atomic E-state index is 0.125. The number of rotatable bonds is 5. The number of aryl methyl sites for hydroxylation is 1. The fourth-order valence-electron chi connectivity index (χ4n) is 2.74. The van der Waals surface area contributed by atoms with E-state index in [9.17, 15) is 14.7 Å². The number of nitrogens with zero attached hydrogens (tertiary/aromatic N) is 1. The Kier molecular flexibility index (Phi) is 4.43. The van der Waals surface area contributed by atoms with Crippen LogP contribution < -0.4 is 10.9 Å². The molecule has 0 atom stereocenters. The van der Waals surface area contributed by atoms with Crippen molar-refractivity contribution in [2.24, 2.45) is 0 Å². The Bertz CT molecular complexity index is 1010. The van der Waals surface area contributed by atoms with Crippen molar-refractivity contribution in [1.29, 1.82) is 0 Å². The number of carbonyl (C=O) groups is 1. The molecule has 0 radical (unpaired) electrons. The SMILES string of the molecule is C=CCn1c(=O)c(C(=O)NCc2ccc(C)o2)c(O)c2ccccc21. The quantitative estimate of drug-likeness (QED) is 0.701. The molecule has 0 aliphatic carbocycles. The van der Waals surface area contributed by atoms with Crippen molar-refractivity contribution in [3.63, 3.8) is 0 Å². The van der Waals surface area contributed by atoms with Crippen molar-refractivity contribution in [2.45, 2.75) is 20.0 Å². The van der Waals surface area contributed by atoms with Crippen molar-refractivity contribution in [1.82, 2.24) is 9.88 Å². The first-order valence-electron chi connectivity index (χ1n) is 7.82. The van der Waals surface area contributed by atoms with Gasteiger partial charge in [-0.2, -0.15) is 0 Å². The van der Waals surface area contributed by atoms with E-state index in [0.29, 0.717) is 16.7 Å². The topological polar surface area (TPSA) is 84.5 Å². The van der Waals surface area contributed by atoms with Crippen LogP contribution in [0.4, 0.5) is 0 Å². The molecule has 0 aliphatic rings. The highest BCUT2D eigenvalue weighted by molar-refractivity contribution is 6.02. The molecule has 2 N–H and O–H groups in total. The van der Waals surface area contributed by atoms with Gasteiger partial charge in [-0.05, 0) is 31.2 Å². The van der Waals surface area contributed by atoms with E-state index in [-0.39, 0.29) is 24.4 Å². The van der Waals surface area contributed by atoms with Crippen molar-refractivity contribution in [3.8, 4) is 5.75 Å². The van der Waals surface area contributed by atoms with Gasteiger partial charge in [0.2, 0.25) is 0 Å². The molecule has 0 unspecified atom stereocenters. The number of amides is 1. The zero-order chi connectivity index (χ0) is 18.0. The summed E-state index contributed by atoms with van der Waals surface area (Å²) in [5.74, 6) is 0.317. The fourth-order valence-corrected chi connectivity index (χ4v) is 2.74. The highest BCUT2D eigenvalue weighted by Crippen LogP contribution is 2.26. The zero-order valence-corrected chi connectivity index (χ0v) is 13.8. The Morgan fingerprint density at radius 2 is 2.08 bits per heavy atom. The highest BCUT2D eigenvalue weighted by atomic mass is 16.3. The van der Waals surface area contributed by atoms with Crippen molar-refractivity contribution in [3.05, 3.63) is 76.5 Å². The molecule has 2 heterocycles. The van der Waals surface area contributed by atoms with Crippen molar-refractivity contribution in [2.75, 3.05) is 0 Å². The normalized spacial score (nSPS) is 10.8. The van der Waals surface area contributed by atoms with E-state index >= 15 is 0 Å². The minimum atomic E-state index is -0.653. The summed E-state index contributed by atoms with van der Waals surface area (Å²) in [5, 5.41) is 13.5. The summed E-state index contributed by atoms with van der Waals surface area (Å²) in [6.07, 6.45) is 1.57. The lowest BCUT2D eigenvalue weighted by molar-refractivity contribution is 0.0943. The van der Waals surface area contributed by atoms with E-state index in [4.69, 9.17) is 4.42 Å². The number of para-hydroxylation sites is 1. The lowest BCUT2D eigenvalue weighted by Crippen LogP contribution is -2.33. The Morgan fingerprint density at radius 1 is 1.32 bits per heavy atom. The summed E-state index contributed by atoms with van der Waals surface area (Å²) in [5.41, 5.74) is -0.309. The van der Waals surface area contributed by atoms with Crippen molar-refractivity contribution < 1.29 is 14.3 Å². The van der Waals surface area contributed by atoms with Gasteiger partial charge in [-0.1, -0.05) is 18.2 Å². The van der Waals surface area contributed by atoms with Gasteiger partial charge < -0.3 is 19.4 Å². The molecule has 0 aliphatic heterocycles. The largest absolute Gasteiger partial charge is 0.506 e. The highest BCUT2D eigenvalue weighted by Gasteiger charge is 2.21. The number of allylic oxidation sites excluding steroid dienone is 1. The van der Waals surface area contributed by atoms with Crippen molar-refractivity contribution >= 4 is 16.8 Å². The van der Waals surface area contributed by atoms with Crippen LogP contribution in [0.3, 0.4) is 0 Å². The molecule has 1 aromatic carbocycles. The number of fused-ring (bicyclic) bond motifs is 1. The Hall–Kier alpha value is -3.28. The molecule has 0 saturated carbocycles. The van der Waals surface area contributed by atoms with E-state index < -0.39 is 11.5 Å². The van der Waals surface area contributed by atoms with Crippen LogP contribution in [0.2, 0.25) is 0 Å². The maximum Gasteiger partial charge on any atom is 0.268 e. The number of aromatic hydroxyl groups is 1. The number of benzene rings is 1. The molecule has 0 spiro atoms. The van der Waals surface area contributed by atoms with Crippen LogP contribution in [0.15, 0.2) is 58.3 Å². The van der Waals surface area contributed by atoms with Crippen LogP contribution in [0.5, 0.6) is 5.75 Å². The van der Waals surface area contributed by atoms with Crippen LogP contribution in [-0.4, -0.2) is 15.6 Å². The van der Waals surface area contributed by atoms with Gasteiger partial charge in [-0.15, -0.1) is 6.58 Å². The summed E-state index contributed by atoms with van der Waals surface area (Å²) in [7, 11) is 0. The predicted molar refractivity (Wildman–Crippen MR) is 94.7 cm³/mol. The van der Waals surface area contributed by atoms with Gasteiger partial charge in [0.1, 0.15) is 22.8 Å². The van der Waals surface area contributed by atoms with Gasteiger partial charge in [-0.3, -0.25) is 9.59 Å². The maximum atomic E-state index is 12.7. The zero-order valence-electron chi connectivity index (χ0n) is 13.8. The summed E-state index contributed by atoms with van der Waals surface area (Å²) in [6, 6.07) is 10.4. The first-order valence-corrected chi connectivity index (χ1v) is 7.82. The summed E-state index contributed by atoms with van der Waals surface area (Å²) < 4.78 is 6.80. The monoisotopic (exact) mass is 338 g/mol. The molecule has 0 fully saturated rings. The third-order valence-corrected chi connectivity index (χ3v) is 3.90. The third-order valence-electron chi connectivity index (χ3n) is 3.90. The van der Waals surface area contributed by atoms with Gasteiger partial charge in [0, 0.05) is 11.9 Å². The third kappa shape index (κ3) is 3.06. The molecule has 6 heteroatoms. The molecule has 25 heavy (non-hydrogen) atoms. The van der Waals surface area contributed by atoms with Gasteiger partial charge in [-0.25, -0.2) is 0 Å². The average Bonchev–Trinajstić information content (AvgIpc) is 3.02. The number of hydrogen-bond donors (Lipinski definition) is 2. The molecular formula is C19H18N2O4. The Morgan fingerprint density at radius 3 is 2.76 bits per heavy atom. The van der Waals surface area contributed by atoms with Gasteiger partial charge in [0.15, 0.2) is 0 Å². The second-order valence-electron chi connectivity index (χ2n) is 5.64. The number of pyridine rings is 1. The van der Waals surface area contributed by atoms with Gasteiger partial charge in [0.05, 0.1) is 12.1 Å². The molecule has 6 nitrogen and oxygen atoms in total. The Balaban J connectivity index is 2.04. The van der Waals surface area contributed by atoms with E-state index in [1.807, 2.05) is 0 Å². The number of nitrogens with one attached hydrogen (secondary N) is 1. The molecule has 0 bridgehead atoms. The molecule has 0 saturated heterocycles. The smallest absolute Gasteiger partial charge is 0.268 e. The maximum absolute atomic E-state index is 12.7. The number of hydrogen-bond acceptors (Lipinski definition) is 4. The molecular weight excluding hydrogens is 320 g/mol. The van der Waals surface area contributed by atoms with Crippen LogP contribution in [-0.2, 0) is 13.1 Å². The predicted octanol–water partition coefficient (Wildman–Crippen LogP) is 2.72. The Labute approximate surface area is 144 Å². The van der Waals surface area contributed by atoms with E-state index in [1.54, 1.807) is 49.4 Å². The van der Waals surface area contributed by atoms with Crippen LogP contribution in [0.25, 0.3) is 10.9 Å². The van der Waals surface area contributed by atoms with Gasteiger partial charge >= 0.3 is 0 Å². The number of furan rings is 1. The summed E-state index contributed by atoms with van der Waals surface area (Å²) in [6.45, 7) is 5.80. The standard InChI is InChI=1S/C19H18N2O4/c1-3-10-21-15-7-5-4-6-14(15)17(22)16(19(21)24)18(23)20-11-13-9-8-12(2)25-13/h3-9,22H,1,10-11H2,2H3,(H,20,23). The minimum Gasteiger partial charge on any atom is -0.506 e. The second kappa shape index (κ2) is 6.68. The van der Waals surface area contributed by atoms with E-state index in [2.05, 4.69) is 11.9 Å². The summed E-state index contributed by atoms with van der Waals surface area (Å²) in [4.78, 5) is 25.2. The van der Waals surface area contributed by atoms with E-state index in [1.165, 1.54) is 4.57 Å². The fraction of sp³-hybridized carbons (Fsp3) is 0.158.